The van der Waals surface area contributed by atoms with Crippen molar-refractivity contribution in [1.82, 2.24) is 0 Å². The summed E-state index contributed by atoms with van der Waals surface area (Å²) in [5, 5.41) is 4.40. The van der Waals surface area contributed by atoms with Crippen molar-refractivity contribution in [3.05, 3.63) is 36.4 Å². The van der Waals surface area contributed by atoms with Crippen LogP contribution in [0.5, 0.6) is 0 Å². The lowest BCUT2D eigenvalue weighted by atomic mass is 9.77. The number of ketones is 1. The molecule has 0 unspecified atom stereocenters. The van der Waals surface area contributed by atoms with Gasteiger partial charge in [-0.1, -0.05) is 26.3 Å². The normalized spacial score (nSPS) is 20.5. The van der Waals surface area contributed by atoms with E-state index >= 15 is 0 Å². The van der Waals surface area contributed by atoms with Crippen molar-refractivity contribution in [3.8, 4) is 0 Å². The van der Waals surface area contributed by atoms with Crippen molar-refractivity contribution < 1.29 is 9.59 Å². The molecule has 1 heterocycles. The van der Waals surface area contributed by atoms with E-state index in [0.29, 0.717) is 18.7 Å². The lowest BCUT2D eigenvalue weighted by Gasteiger charge is -2.25. The van der Waals surface area contributed by atoms with E-state index in [4.69, 9.17) is 0 Å². The number of hydrazone groups is 1. The molecule has 5 heteroatoms. The number of carbonyl (C=O) groups is 2. The van der Waals surface area contributed by atoms with Gasteiger partial charge in [-0.05, 0) is 55.9 Å². The standard InChI is InChI=1S/C22H29N3O2/c1-4-14-25-19-13-12-16(15-17(19)22(5-2,6-3)21(25)27)23-24-18-10-8-7-9-11-20(18)26/h4,12-13,15,23H,1,5-11,14H2,2-3H3/b24-18+. The summed E-state index contributed by atoms with van der Waals surface area (Å²) >= 11 is 0. The minimum atomic E-state index is -0.499. The molecule has 1 saturated carbocycles. The summed E-state index contributed by atoms with van der Waals surface area (Å²) < 4.78 is 0. The first-order chi connectivity index (χ1) is 13.1. The van der Waals surface area contributed by atoms with Gasteiger partial charge in [0.1, 0.15) is 5.71 Å². The van der Waals surface area contributed by atoms with Gasteiger partial charge in [-0.3, -0.25) is 15.0 Å². The molecular formula is C22H29N3O2. The molecule has 1 N–H and O–H groups in total. The third kappa shape index (κ3) is 3.43. The molecule has 2 aliphatic rings. The fraction of sp³-hybridized carbons (Fsp3) is 0.500. The molecule has 27 heavy (non-hydrogen) atoms. The Morgan fingerprint density at radius 2 is 1.93 bits per heavy atom. The molecule has 1 aromatic rings. The predicted octanol–water partition coefficient (Wildman–Crippen LogP) is 4.58. The minimum Gasteiger partial charge on any atom is -0.308 e. The number of fused-ring (bicyclic) bond motifs is 1. The Hall–Kier alpha value is -2.43. The van der Waals surface area contributed by atoms with E-state index < -0.39 is 5.41 Å². The van der Waals surface area contributed by atoms with Gasteiger partial charge in [0.2, 0.25) is 5.91 Å². The molecule has 1 aliphatic carbocycles. The van der Waals surface area contributed by atoms with E-state index in [-0.39, 0.29) is 11.7 Å². The Balaban J connectivity index is 1.93. The highest BCUT2D eigenvalue weighted by molar-refractivity contribution is 6.40. The van der Waals surface area contributed by atoms with Crippen LogP contribution in [0, 0.1) is 0 Å². The molecule has 0 atom stereocenters. The summed E-state index contributed by atoms with van der Waals surface area (Å²) in [5.41, 5.74) is 6.01. The molecule has 5 nitrogen and oxygen atoms in total. The number of rotatable bonds is 6. The van der Waals surface area contributed by atoms with E-state index in [0.717, 1.165) is 55.5 Å². The highest BCUT2D eigenvalue weighted by Gasteiger charge is 2.48. The van der Waals surface area contributed by atoms with Crippen molar-refractivity contribution in [2.75, 3.05) is 16.9 Å². The summed E-state index contributed by atoms with van der Waals surface area (Å²) in [4.78, 5) is 27.1. The Morgan fingerprint density at radius 3 is 2.63 bits per heavy atom. The molecule has 0 bridgehead atoms. The maximum absolute atomic E-state index is 13.1. The van der Waals surface area contributed by atoms with Gasteiger partial charge in [-0.15, -0.1) is 6.58 Å². The highest BCUT2D eigenvalue weighted by Crippen LogP contribution is 2.47. The van der Waals surface area contributed by atoms with Crippen molar-refractivity contribution in [3.63, 3.8) is 0 Å². The van der Waals surface area contributed by atoms with E-state index in [1.54, 1.807) is 6.08 Å². The zero-order valence-electron chi connectivity index (χ0n) is 16.4. The number of nitrogens with zero attached hydrogens (tertiary/aromatic N) is 2. The lowest BCUT2D eigenvalue weighted by molar-refractivity contribution is -0.123. The largest absolute Gasteiger partial charge is 0.308 e. The molecule has 0 radical (unpaired) electrons. The third-order valence-corrected chi connectivity index (χ3v) is 5.94. The second-order valence-corrected chi connectivity index (χ2v) is 7.38. The van der Waals surface area contributed by atoms with Crippen LogP contribution in [0.3, 0.4) is 0 Å². The summed E-state index contributed by atoms with van der Waals surface area (Å²) in [6.45, 7) is 8.42. The second kappa shape index (κ2) is 8.07. The van der Waals surface area contributed by atoms with Crippen LogP contribution in [0.2, 0.25) is 0 Å². The minimum absolute atomic E-state index is 0.143. The molecule has 1 aromatic carbocycles. The van der Waals surface area contributed by atoms with Crippen LogP contribution < -0.4 is 10.3 Å². The average Bonchev–Trinajstić information content (AvgIpc) is 2.79. The summed E-state index contributed by atoms with van der Waals surface area (Å²) in [7, 11) is 0. The first-order valence-corrected chi connectivity index (χ1v) is 10.0. The van der Waals surface area contributed by atoms with Crippen LogP contribution in [-0.2, 0) is 15.0 Å². The molecule has 1 aliphatic heterocycles. The molecule has 1 amide bonds. The molecular weight excluding hydrogens is 338 g/mol. The molecule has 3 rings (SSSR count). The summed E-state index contributed by atoms with van der Waals surface area (Å²) in [6.07, 6.45) is 7.63. The van der Waals surface area contributed by atoms with Crippen molar-refractivity contribution in [1.29, 1.82) is 0 Å². The van der Waals surface area contributed by atoms with E-state index in [9.17, 15) is 9.59 Å². The Morgan fingerprint density at radius 1 is 1.19 bits per heavy atom. The first kappa shape index (κ1) is 19.3. The fourth-order valence-corrected chi connectivity index (χ4v) is 4.24. The fourth-order valence-electron chi connectivity index (χ4n) is 4.24. The molecule has 0 spiro atoms. The molecule has 0 aromatic heterocycles. The average molecular weight is 367 g/mol. The topological polar surface area (TPSA) is 61.8 Å². The van der Waals surface area contributed by atoms with Crippen LogP contribution in [-0.4, -0.2) is 23.9 Å². The summed E-state index contributed by atoms with van der Waals surface area (Å²) in [5.74, 6) is 0.287. The number of benzene rings is 1. The smallest absolute Gasteiger partial charge is 0.237 e. The summed E-state index contributed by atoms with van der Waals surface area (Å²) in [6, 6.07) is 5.92. The van der Waals surface area contributed by atoms with Crippen molar-refractivity contribution in [2.24, 2.45) is 5.10 Å². The van der Waals surface area contributed by atoms with Gasteiger partial charge in [0.15, 0.2) is 5.78 Å². The number of nitrogens with one attached hydrogen (secondary N) is 1. The van der Waals surface area contributed by atoms with Gasteiger partial charge in [0.05, 0.1) is 11.1 Å². The molecule has 1 fully saturated rings. The molecule has 0 saturated heterocycles. The van der Waals surface area contributed by atoms with E-state index in [2.05, 4.69) is 31.0 Å². The van der Waals surface area contributed by atoms with Gasteiger partial charge in [0, 0.05) is 18.7 Å². The van der Waals surface area contributed by atoms with Crippen LogP contribution in [0.1, 0.15) is 64.4 Å². The SMILES string of the molecule is C=CCN1C(=O)C(CC)(CC)c2cc(N/N=C3\CCCCCC3=O)ccc21. The number of anilines is 2. The number of hydrogen-bond donors (Lipinski definition) is 1. The third-order valence-electron chi connectivity index (χ3n) is 5.94. The van der Waals surface area contributed by atoms with Crippen LogP contribution in [0.25, 0.3) is 0 Å². The number of Topliss-reactive ketones (excluding diaryl/α,β-unsaturated/α-hetero) is 1. The van der Waals surface area contributed by atoms with Gasteiger partial charge < -0.3 is 4.90 Å². The van der Waals surface area contributed by atoms with Crippen LogP contribution >= 0.6 is 0 Å². The van der Waals surface area contributed by atoms with E-state index in [1.807, 2.05) is 23.1 Å². The maximum Gasteiger partial charge on any atom is 0.237 e. The highest BCUT2D eigenvalue weighted by atomic mass is 16.2. The van der Waals surface area contributed by atoms with Gasteiger partial charge >= 0.3 is 0 Å². The monoisotopic (exact) mass is 367 g/mol. The van der Waals surface area contributed by atoms with Gasteiger partial charge in [-0.25, -0.2) is 0 Å². The number of hydrogen-bond acceptors (Lipinski definition) is 4. The Bertz CT molecular complexity index is 778. The van der Waals surface area contributed by atoms with E-state index in [1.165, 1.54) is 0 Å². The zero-order valence-corrected chi connectivity index (χ0v) is 16.4. The quantitative estimate of drug-likeness (QED) is 0.455. The molecule has 144 valence electrons. The number of amides is 1. The Labute approximate surface area is 161 Å². The zero-order chi connectivity index (χ0) is 19.4. The second-order valence-electron chi connectivity index (χ2n) is 7.38. The first-order valence-electron chi connectivity index (χ1n) is 10.0. The maximum atomic E-state index is 13.1. The lowest BCUT2D eigenvalue weighted by Crippen LogP contribution is -2.39. The van der Waals surface area contributed by atoms with Gasteiger partial charge in [0.25, 0.3) is 0 Å². The van der Waals surface area contributed by atoms with Gasteiger partial charge in [-0.2, -0.15) is 5.10 Å². The van der Waals surface area contributed by atoms with Crippen LogP contribution in [0.4, 0.5) is 11.4 Å². The van der Waals surface area contributed by atoms with Crippen molar-refractivity contribution >= 4 is 28.8 Å². The number of carbonyl (C=O) groups excluding carboxylic acids is 2. The van der Waals surface area contributed by atoms with Crippen LogP contribution in [0.15, 0.2) is 36.0 Å². The van der Waals surface area contributed by atoms with Crippen molar-refractivity contribution in [2.45, 2.75) is 64.2 Å². The Kier molecular flexibility index (Phi) is 5.78. The predicted molar refractivity (Wildman–Crippen MR) is 110 cm³/mol.